The van der Waals surface area contributed by atoms with Gasteiger partial charge in [0.15, 0.2) is 5.69 Å². The normalized spacial score (nSPS) is 14.0. The Hall–Kier alpha value is -3.18. The van der Waals surface area contributed by atoms with Crippen LogP contribution in [0, 0.1) is 11.3 Å². The summed E-state index contributed by atoms with van der Waals surface area (Å²) >= 11 is 1.59. The molecule has 0 bridgehead atoms. The second kappa shape index (κ2) is 6.37. The van der Waals surface area contributed by atoms with Crippen molar-refractivity contribution >= 4 is 17.2 Å². The van der Waals surface area contributed by atoms with Crippen LogP contribution < -0.4 is 4.74 Å². The summed E-state index contributed by atoms with van der Waals surface area (Å²) in [5.74, 6) is 0.336. The third-order valence-electron chi connectivity index (χ3n) is 3.87. The molecule has 0 saturated carbocycles. The highest BCUT2D eigenvalue weighted by molar-refractivity contribution is 7.13. The number of aromatic amines is 1. The fourth-order valence-corrected chi connectivity index (χ4v) is 3.21. The van der Waals surface area contributed by atoms with Crippen molar-refractivity contribution in [2.24, 2.45) is 0 Å². The van der Waals surface area contributed by atoms with Crippen LogP contribution in [-0.4, -0.2) is 45.2 Å². The topological polar surface area (TPSA) is 94.9 Å². The molecule has 0 atom stereocenters. The first-order valence-corrected chi connectivity index (χ1v) is 8.52. The molecule has 0 aliphatic carbocycles. The summed E-state index contributed by atoms with van der Waals surface area (Å²) < 4.78 is 5.69. The summed E-state index contributed by atoms with van der Waals surface area (Å²) in [5.41, 5.74) is 1.73. The van der Waals surface area contributed by atoms with Crippen LogP contribution in [0.4, 0.5) is 0 Å². The van der Waals surface area contributed by atoms with E-state index < -0.39 is 0 Å². The zero-order chi connectivity index (χ0) is 17.2. The number of thiophene rings is 1. The highest BCUT2D eigenvalue weighted by atomic mass is 32.1. The number of nitrogens with one attached hydrogen (secondary N) is 1. The lowest BCUT2D eigenvalue weighted by Gasteiger charge is -2.38. The number of aromatic nitrogens is 3. The third-order valence-corrected chi connectivity index (χ3v) is 4.77. The zero-order valence-electron chi connectivity index (χ0n) is 13.0. The van der Waals surface area contributed by atoms with E-state index in [1.807, 2.05) is 23.6 Å². The summed E-state index contributed by atoms with van der Waals surface area (Å²) in [6.45, 7) is 0.976. The van der Waals surface area contributed by atoms with Crippen LogP contribution in [0.2, 0.25) is 0 Å². The molecule has 0 spiro atoms. The van der Waals surface area contributed by atoms with Gasteiger partial charge in [-0.15, -0.1) is 11.3 Å². The van der Waals surface area contributed by atoms with Crippen molar-refractivity contribution < 1.29 is 9.53 Å². The number of nitrogens with zero attached hydrogens (tertiary/aromatic N) is 4. The van der Waals surface area contributed by atoms with Crippen molar-refractivity contribution in [3.05, 3.63) is 53.2 Å². The molecular weight excluding hydrogens is 338 g/mol. The van der Waals surface area contributed by atoms with Gasteiger partial charge >= 0.3 is 0 Å². The Kier molecular flexibility index (Phi) is 3.91. The van der Waals surface area contributed by atoms with Crippen molar-refractivity contribution in [2.75, 3.05) is 13.1 Å². The molecule has 1 fully saturated rings. The standard InChI is InChI=1S/C17H13N5O2S/c18-7-11-3-4-16(19-8-11)24-12-9-22(10-12)17(23)14-6-13(20-21-14)15-2-1-5-25-15/h1-6,8,12H,9-10H2,(H,20,21). The van der Waals surface area contributed by atoms with Gasteiger partial charge in [0.2, 0.25) is 5.88 Å². The van der Waals surface area contributed by atoms with Gasteiger partial charge in [0, 0.05) is 12.3 Å². The van der Waals surface area contributed by atoms with Crippen molar-refractivity contribution in [1.82, 2.24) is 20.1 Å². The Morgan fingerprint density at radius 3 is 2.96 bits per heavy atom. The summed E-state index contributed by atoms with van der Waals surface area (Å²) in [6, 6.07) is 11.0. The number of carbonyl (C=O) groups excluding carboxylic acids is 1. The molecule has 0 aromatic carbocycles. The van der Waals surface area contributed by atoms with E-state index in [4.69, 9.17) is 10.00 Å². The molecule has 1 N–H and O–H groups in total. The van der Waals surface area contributed by atoms with Gasteiger partial charge in [-0.25, -0.2) is 4.98 Å². The van der Waals surface area contributed by atoms with E-state index in [-0.39, 0.29) is 12.0 Å². The Labute approximate surface area is 147 Å². The van der Waals surface area contributed by atoms with Crippen LogP contribution in [0.25, 0.3) is 10.6 Å². The maximum absolute atomic E-state index is 12.4. The first-order chi connectivity index (χ1) is 12.2. The lowest BCUT2D eigenvalue weighted by molar-refractivity contribution is 0.0156. The van der Waals surface area contributed by atoms with E-state index in [1.165, 1.54) is 6.20 Å². The Balaban J connectivity index is 1.34. The Morgan fingerprint density at radius 2 is 2.28 bits per heavy atom. The van der Waals surface area contributed by atoms with Gasteiger partial charge in [0.05, 0.1) is 29.2 Å². The number of carbonyl (C=O) groups is 1. The number of hydrogen-bond acceptors (Lipinski definition) is 6. The van der Waals surface area contributed by atoms with E-state index in [9.17, 15) is 4.79 Å². The molecule has 0 unspecified atom stereocenters. The molecule has 1 aliphatic rings. The molecule has 1 saturated heterocycles. The largest absolute Gasteiger partial charge is 0.471 e. The van der Waals surface area contributed by atoms with Crippen molar-refractivity contribution in [3.8, 4) is 22.5 Å². The number of rotatable bonds is 4. The lowest BCUT2D eigenvalue weighted by atomic mass is 10.1. The maximum atomic E-state index is 12.4. The number of amides is 1. The SMILES string of the molecule is N#Cc1ccc(OC2CN(C(=O)c3cc(-c4cccs4)[nH]n3)C2)nc1. The van der Waals surface area contributed by atoms with E-state index >= 15 is 0 Å². The minimum Gasteiger partial charge on any atom is -0.471 e. The van der Waals surface area contributed by atoms with E-state index in [2.05, 4.69) is 15.2 Å². The minimum absolute atomic E-state index is 0.0971. The molecule has 4 rings (SSSR count). The van der Waals surface area contributed by atoms with E-state index in [1.54, 1.807) is 34.4 Å². The quantitative estimate of drug-likeness (QED) is 0.778. The average Bonchev–Trinajstić information content (AvgIpc) is 3.28. The van der Waals surface area contributed by atoms with Crippen molar-refractivity contribution in [2.45, 2.75) is 6.10 Å². The van der Waals surface area contributed by atoms with Gasteiger partial charge in [-0.05, 0) is 23.6 Å². The highest BCUT2D eigenvalue weighted by Gasteiger charge is 2.34. The van der Waals surface area contributed by atoms with E-state index in [0.717, 1.165) is 10.6 Å². The van der Waals surface area contributed by atoms with Crippen LogP contribution in [0.3, 0.4) is 0 Å². The Morgan fingerprint density at radius 1 is 1.40 bits per heavy atom. The Bertz CT molecular complexity index is 921. The number of H-pyrrole nitrogens is 1. The second-order valence-corrected chi connectivity index (χ2v) is 6.54. The predicted octanol–water partition coefficient (Wildman–Crippen LogP) is 2.31. The number of hydrogen-bond donors (Lipinski definition) is 1. The number of pyridine rings is 1. The van der Waals surface area contributed by atoms with Gasteiger partial charge in [0.1, 0.15) is 12.2 Å². The third kappa shape index (κ3) is 3.09. The molecule has 7 nitrogen and oxygen atoms in total. The fraction of sp³-hybridized carbons (Fsp3) is 0.176. The summed E-state index contributed by atoms with van der Waals surface area (Å²) in [4.78, 5) is 19.2. The van der Waals surface area contributed by atoms with Crippen molar-refractivity contribution in [1.29, 1.82) is 5.26 Å². The predicted molar refractivity (Wildman–Crippen MR) is 91.2 cm³/mol. The summed E-state index contributed by atoms with van der Waals surface area (Å²) in [6.07, 6.45) is 1.37. The number of ether oxygens (including phenoxy) is 1. The zero-order valence-corrected chi connectivity index (χ0v) is 13.9. The van der Waals surface area contributed by atoms with Gasteiger partial charge in [-0.1, -0.05) is 6.07 Å². The first kappa shape index (κ1) is 15.4. The average molecular weight is 351 g/mol. The molecule has 3 aromatic heterocycles. The minimum atomic E-state index is -0.119. The smallest absolute Gasteiger partial charge is 0.274 e. The van der Waals surface area contributed by atoms with Crippen LogP contribution in [0.1, 0.15) is 16.1 Å². The lowest BCUT2D eigenvalue weighted by Crippen LogP contribution is -2.56. The van der Waals surface area contributed by atoms with Crippen LogP contribution in [-0.2, 0) is 0 Å². The second-order valence-electron chi connectivity index (χ2n) is 5.59. The van der Waals surface area contributed by atoms with Gasteiger partial charge in [-0.2, -0.15) is 10.4 Å². The highest BCUT2D eigenvalue weighted by Crippen LogP contribution is 2.24. The van der Waals surface area contributed by atoms with Gasteiger partial charge in [0.25, 0.3) is 5.91 Å². The summed E-state index contributed by atoms with van der Waals surface area (Å²) in [5, 5.41) is 17.7. The number of likely N-dealkylation sites (tertiary alicyclic amines) is 1. The number of nitriles is 1. The van der Waals surface area contributed by atoms with E-state index in [0.29, 0.717) is 30.2 Å². The molecule has 3 aromatic rings. The first-order valence-electron chi connectivity index (χ1n) is 7.64. The fourth-order valence-electron chi connectivity index (χ4n) is 2.52. The van der Waals surface area contributed by atoms with Gasteiger partial charge in [-0.3, -0.25) is 9.89 Å². The van der Waals surface area contributed by atoms with Crippen molar-refractivity contribution in [3.63, 3.8) is 0 Å². The molecule has 124 valence electrons. The molecule has 4 heterocycles. The maximum Gasteiger partial charge on any atom is 0.274 e. The molecule has 25 heavy (non-hydrogen) atoms. The monoisotopic (exact) mass is 351 g/mol. The van der Waals surface area contributed by atoms with Crippen LogP contribution in [0.5, 0.6) is 5.88 Å². The van der Waals surface area contributed by atoms with Crippen LogP contribution in [0.15, 0.2) is 41.9 Å². The van der Waals surface area contributed by atoms with Gasteiger partial charge < -0.3 is 9.64 Å². The summed E-state index contributed by atoms with van der Waals surface area (Å²) in [7, 11) is 0. The molecule has 1 amide bonds. The molecular formula is C17H13N5O2S. The molecule has 8 heteroatoms. The molecule has 0 radical (unpaired) electrons. The molecule has 1 aliphatic heterocycles. The van der Waals surface area contributed by atoms with Crippen LogP contribution >= 0.6 is 11.3 Å².